The molecule has 0 unspecified atom stereocenters. The molecule has 0 spiro atoms. The van der Waals surface area contributed by atoms with Crippen LogP contribution in [0.25, 0.3) is 0 Å². The first kappa shape index (κ1) is 18.4. The zero-order chi connectivity index (χ0) is 17.4. The number of aromatic nitrogens is 1. The van der Waals surface area contributed by atoms with Gasteiger partial charge in [0.25, 0.3) is 11.8 Å². The van der Waals surface area contributed by atoms with Crippen LogP contribution in [0.5, 0.6) is 0 Å². The van der Waals surface area contributed by atoms with Gasteiger partial charge in [-0.2, -0.15) is 0 Å². The van der Waals surface area contributed by atoms with Gasteiger partial charge in [-0.3, -0.25) is 14.6 Å². The molecule has 2 amide bonds. The van der Waals surface area contributed by atoms with Crippen LogP contribution in [0.1, 0.15) is 79.5 Å². The number of nitrogens with zero attached hydrogens (tertiary/aromatic N) is 2. The van der Waals surface area contributed by atoms with Gasteiger partial charge in [0.2, 0.25) is 0 Å². The van der Waals surface area contributed by atoms with Crippen molar-refractivity contribution in [2.24, 2.45) is 0 Å². The lowest BCUT2D eigenvalue weighted by Crippen LogP contribution is -2.36. The highest BCUT2D eigenvalue weighted by Crippen LogP contribution is 2.18. The largest absolute Gasteiger partial charge is 0.349 e. The molecule has 24 heavy (non-hydrogen) atoms. The molecule has 1 saturated carbocycles. The zero-order valence-corrected chi connectivity index (χ0v) is 14.9. The van der Waals surface area contributed by atoms with Crippen molar-refractivity contribution in [3.8, 4) is 0 Å². The average molecular weight is 331 g/mol. The average Bonchev–Trinajstić information content (AvgIpc) is 2.62. The predicted molar refractivity (Wildman–Crippen MR) is 95.1 cm³/mol. The van der Waals surface area contributed by atoms with Crippen molar-refractivity contribution in [2.45, 2.75) is 64.8 Å². The van der Waals surface area contributed by atoms with Crippen molar-refractivity contribution < 1.29 is 9.59 Å². The van der Waals surface area contributed by atoms with Crippen LogP contribution in [0.4, 0.5) is 0 Å². The third-order valence-electron chi connectivity index (χ3n) is 4.46. The van der Waals surface area contributed by atoms with Crippen LogP contribution in [-0.4, -0.2) is 40.8 Å². The van der Waals surface area contributed by atoms with E-state index in [2.05, 4.69) is 24.1 Å². The molecule has 1 aromatic rings. The zero-order valence-electron chi connectivity index (χ0n) is 14.9. The second-order valence-corrected chi connectivity index (χ2v) is 6.56. The van der Waals surface area contributed by atoms with Crippen LogP contribution in [0, 0.1) is 0 Å². The molecular weight excluding hydrogens is 302 g/mol. The van der Waals surface area contributed by atoms with Crippen molar-refractivity contribution >= 4 is 11.8 Å². The molecule has 2 rings (SSSR count). The topological polar surface area (TPSA) is 62.3 Å². The number of nitrogens with one attached hydrogen (secondary N) is 1. The Balaban J connectivity index is 2.06. The Labute approximate surface area is 144 Å². The van der Waals surface area contributed by atoms with Gasteiger partial charge in [-0.1, -0.05) is 33.1 Å². The number of carbonyl (C=O) groups is 2. The number of pyridine rings is 1. The van der Waals surface area contributed by atoms with E-state index < -0.39 is 0 Å². The van der Waals surface area contributed by atoms with E-state index in [-0.39, 0.29) is 17.9 Å². The SMILES string of the molecule is CCCN(CCC)C(=O)c1cncc(C(=O)NC2CCCCC2)c1. The van der Waals surface area contributed by atoms with E-state index in [9.17, 15) is 9.59 Å². The first-order valence-corrected chi connectivity index (χ1v) is 9.20. The molecule has 5 nitrogen and oxygen atoms in total. The standard InChI is InChI=1S/C19H29N3O2/c1-3-10-22(11-4-2)19(24)16-12-15(13-20-14-16)18(23)21-17-8-6-5-7-9-17/h12-14,17H,3-11H2,1-2H3,(H,21,23). The van der Waals surface area contributed by atoms with Gasteiger partial charge < -0.3 is 10.2 Å². The number of hydrogen-bond acceptors (Lipinski definition) is 3. The van der Waals surface area contributed by atoms with Gasteiger partial charge in [-0.25, -0.2) is 0 Å². The minimum absolute atomic E-state index is 0.0430. The summed E-state index contributed by atoms with van der Waals surface area (Å²) in [5.74, 6) is -0.167. The third kappa shape index (κ3) is 5.05. The quantitative estimate of drug-likeness (QED) is 0.833. The molecule has 132 valence electrons. The minimum Gasteiger partial charge on any atom is -0.349 e. The van der Waals surface area contributed by atoms with Crippen LogP contribution in [0.15, 0.2) is 18.5 Å². The molecule has 1 aromatic heterocycles. The van der Waals surface area contributed by atoms with Gasteiger partial charge in [0.05, 0.1) is 11.1 Å². The third-order valence-corrected chi connectivity index (χ3v) is 4.46. The highest BCUT2D eigenvalue weighted by Gasteiger charge is 2.19. The van der Waals surface area contributed by atoms with E-state index in [0.717, 1.165) is 38.8 Å². The summed E-state index contributed by atoms with van der Waals surface area (Å²) >= 11 is 0. The molecular formula is C19H29N3O2. The van der Waals surface area contributed by atoms with Crippen molar-refractivity contribution in [3.05, 3.63) is 29.6 Å². The summed E-state index contributed by atoms with van der Waals surface area (Å²) in [6, 6.07) is 1.92. The fraction of sp³-hybridized carbons (Fsp3) is 0.632. The molecule has 0 aliphatic heterocycles. The Morgan fingerprint density at radius 1 is 1.08 bits per heavy atom. The fourth-order valence-electron chi connectivity index (χ4n) is 3.23. The molecule has 0 aromatic carbocycles. The van der Waals surface area contributed by atoms with Gasteiger partial charge in [0.1, 0.15) is 0 Å². The normalized spacial score (nSPS) is 15.1. The van der Waals surface area contributed by atoms with E-state index in [4.69, 9.17) is 0 Å². The summed E-state index contributed by atoms with van der Waals surface area (Å²) in [5, 5.41) is 3.08. The van der Waals surface area contributed by atoms with Crippen LogP contribution in [0.2, 0.25) is 0 Å². The summed E-state index contributed by atoms with van der Waals surface area (Å²) in [6.45, 7) is 5.57. The lowest BCUT2D eigenvalue weighted by Gasteiger charge is -2.23. The molecule has 1 fully saturated rings. The van der Waals surface area contributed by atoms with Gasteiger partial charge >= 0.3 is 0 Å². The molecule has 1 aliphatic rings. The van der Waals surface area contributed by atoms with E-state index in [0.29, 0.717) is 11.1 Å². The van der Waals surface area contributed by atoms with E-state index in [1.807, 2.05) is 4.90 Å². The van der Waals surface area contributed by atoms with E-state index in [1.54, 1.807) is 18.5 Å². The lowest BCUT2D eigenvalue weighted by molar-refractivity contribution is 0.0755. The number of hydrogen-bond donors (Lipinski definition) is 1. The molecule has 0 atom stereocenters. The van der Waals surface area contributed by atoms with Gasteiger partial charge in [0, 0.05) is 31.5 Å². The van der Waals surface area contributed by atoms with Crippen molar-refractivity contribution in [2.75, 3.05) is 13.1 Å². The Morgan fingerprint density at radius 3 is 2.33 bits per heavy atom. The van der Waals surface area contributed by atoms with Crippen molar-refractivity contribution in [1.82, 2.24) is 15.2 Å². The van der Waals surface area contributed by atoms with Gasteiger partial charge in [-0.15, -0.1) is 0 Å². The van der Waals surface area contributed by atoms with E-state index >= 15 is 0 Å². The summed E-state index contributed by atoms with van der Waals surface area (Å²) in [4.78, 5) is 31.0. The maximum Gasteiger partial charge on any atom is 0.255 e. The molecule has 0 saturated heterocycles. The Morgan fingerprint density at radius 2 is 1.71 bits per heavy atom. The lowest BCUT2D eigenvalue weighted by atomic mass is 9.95. The van der Waals surface area contributed by atoms with Crippen LogP contribution in [0.3, 0.4) is 0 Å². The Kier molecular flexibility index (Phi) is 7.22. The summed E-state index contributed by atoms with van der Waals surface area (Å²) < 4.78 is 0. The van der Waals surface area contributed by atoms with Gasteiger partial charge in [0.15, 0.2) is 0 Å². The fourth-order valence-corrected chi connectivity index (χ4v) is 3.23. The highest BCUT2D eigenvalue weighted by atomic mass is 16.2. The predicted octanol–water partition coefficient (Wildman–Crippen LogP) is 3.41. The highest BCUT2D eigenvalue weighted by molar-refractivity contribution is 5.99. The number of rotatable bonds is 7. The maximum atomic E-state index is 12.6. The Hall–Kier alpha value is -1.91. The monoisotopic (exact) mass is 331 g/mol. The summed E-state index contributed by atoms with van der Waals surface area (Å²) in [5.41, 5.74) is 0.965. The maximum absolute atomic E-state index is 12.6. The molecule has 1 aliphatic carbocycles. The molecule has 0 radical (unpaired) electrons. The minimum atomic E-state index is -0.124. The van der Waals surface area contributed by atoms with E-state index in [1.165, 1.54) is 19.3 Å². The number of amides is 2. The molecule has 1 N–H and O–H groups in total. The number of carbonyl (C=O) groups excluding carboxylic acids is 2. The smallest absolute Gasteiger partial charge is 0.255 e. The van der Waals surface area contributed by atoms with Gasteiger partial charge in [-0.05, 0) is 31.7 Å². The molecule has 5 heteroatoms. The second-order valence-electron chi connectivity index (χ2n) is 6.56. The molecule has 1 heterocycles. The van der Waals surface area contributed by atoms with Crippen LogP contribution < -0.4 is 5.32 Å². The van der Waals surface area contributed by atoms with Crippen LogP contribution >= 0.6 is 0 Å². The summed E-state index contributed by atoms with van der Waals surface area (Å²) in [7, 11) is 0. The first-order chi connectivity index (χ1) is 11.7. The molecule has 0 bridgehead atoms. The van der Waals surface area contributed by atoms with Crippen LogP contribution in [-0.2, 0) is 0 Å². The second kappa shape index (κ2) is 9.40. The summed E-state index contributed by atoms with van der Waals surface area (Å²) in [6.07, 6.45) is 10.6. The van der Waals surface area contributed by atoms with Crippen molar-refractivity contribution in [3.63, 3.8) is 0 Å². The first-order valence-electron chi connectivity index (χ1n) is 9.20. The Bertz CT molecular complexity index is 547. The van der Waals surface area contributed by atoms with Crippen molar-refractivity contribution in [1.29, 1.82) is 0 Å².